The first kappa shape index (κ1) is 29.2. The van der Waals surface area contributed by atoms with Gasteiger partial charge in [-0.3, -0.25) is 4.79 Å². The maximum Gasteiger partial charge on any atom is 0.404 e. The summed E-state index contributed by atoms with van der Waals surface area (Å²) < 4.78 is 0. The molecule has 1 aromatic carbocycles. The molecule has 0 spiro atoms. The van der Waals surface area contributed by atoms with Crippen molar-refractivity contribution in [2.24, 2.45) is 5.92 Å². The highest BCUT2D eigenvalue weighted by molar-refractivity contribution is 6.33. The van der Waals surface area contributed by atoms with Gasteiger partial charge in [-0.15, -0.1) is 0 Å². The Morgan fingerprint density at radius 1 is 0.909 bits per heavy atom. The Morgan fingerprint density at radius 3 is 2.15 bits per heavy atom. The molecule has 3 rings (SSSR count). The van der Waals surface area contributed by atoms with Crippen LogP contribution in [0.2, 0.25) is 5.02 Å². The van der Waals surface area contributed by atoms with Gasteiger partial charge >= 0.3 is 6.09 Å². The predicted octanol–water partition coefficient (Wildman–Crippen LogP) is 6.37. The van der Waals surface area contributed by atoms with Gasteiger partial charge in [0.05, 0.1) is 10.6 Å². The van der Waals surface area contributed by atoms with Crippen LogP contribution in [0.5, 0.6) is 0 Å². The first-order valence-corrected chi connectivity index (χ1v) is 12.2. The van der Waals surface area contributed by atoms with E-state index in [1.807, 2.05) is 12.1 Å². The van der Waals surface area contributed by atoms with E-state index in [1.54, 1.807) is 6.07 Å². The molecule has 0 atom stereocenters. The normalized spacial score (nSPS) is 21.5. The van der Waals surface area contributed by atoms with Crippen LogP contribution >= 0.6 is 11.6 Å². The summed E-state index contributed by atoms with van der Waals surface area (Å²) in [7, 11) is 0. The highest BCUT2D eigenvalue weighted by Gasteiger charge is 2.22. The number of halogens is 1. The van der Waals surface area contributed by atoms with Gasteiger partial charge in [-0.2, -0.15) is 0 Å². The fraction of sp³-hybridized carbons (Fsp3) is 0.692. The number of hydrogen-bond donors (Lipinski definition) is 4. The summed E-state index contributed by atoms with van der Waals surface area (Å²) in [5.74, 6) is 0.479. The zero-order valence-corrected chi connectivity index (χ0v) is 19.1. The third-order valence-electron chi connectivity index (χ3n) is 6.70. The predicted molar refractivity (Wildman–Crippen MR) is 137 cm³/mol. The van der Waals surface area contributed by atoms with Crippen LogP contribution in [0.3, 0.4) is 0 Å². The van der Waals surface area contributed by atoms with E-state index >= 15 is 0 Å². The summed E-state index contributed by atoms with van der Waals surface area (Å²) in [6.07, 6.45) is 11.5. The third-order valence-corrected chi connectivity index (χ3v) is 7.03. The van der Waals surface area contributed by atoms with Crippen LogP contribution in [0.4, 0.5) is 4.79 Å². The lowest BCUT2D eigenvalue weighted by Crippen LogP contribution is -2.41. The molecule has 0 aliphatic heterocycles. The number of hydrogen-bond acceptors (Lipinski definition) is 3. The second-order valence-electron chi connectivity index (χ2n) is 9.11. The average Bonchev–Trinajstić information content (AvgIpc) is 2.73. The summed E-state index contributed by atoms with van der Waals surface area (Å²) in [6.45, 7) is 1.40. The largest absolute Gasteiger partial charge is 0.465 e. The smallest absolute Gasteiger partial charge is 0.404 e. The Hall–Kier alpha value is -1.79. The van der Waals surface area contributed by atoms with Gasteiger partial charge in [0.25, 0.3) is 5.91 Å². The molecule has 0 aromatic heterocycles. The molecule has 2 amide bonds. The van der Waals surface area contributed by atoms with Gasteiger partial charge in [0.15, 0.2) is 0 Å². The standard InChI is InChI=1S/C24H36ClN3O3.2CH4/c25-22-13-8-18(16-26-19-9-11-20(12-10-19)28-24(30)31)14-21(22)23(29)27-15-17-6-4-2-1-3-5-7-17;;/h8,13-14,17,19-20,26,28H,1-7,9-12,15-16H2,(H,27,29)(H,30,31);2*1H4. The molecule has 4 N–H and O–H groups in total. The minimum absolute atomic E-state index is 0. The molecule has 33 heavy (non-hydrogen) atoms. The maximum atomic E-state index is 12.8. The van der Waals surface area contributed by atoms with Gasteiger partial charge in [0.2, 0.25) is 0 Å². The molecule has 7 heteroatoms. The first-order valence-electron chi connectivity index (χ1n) is 11.8. The molecule has 0 bridgehead atoms. The quantitative estimate of drug-likeness (QED) is 0.364. The summed E-state index contributed by atoms with van der Waals surface area (Å²) in [5, 5.41) is 18.6. The van der Waals surface area contributed by atoms with Gasteiger partial charge in [-0.05, 0) is 62.1 Å². The molecule has 0 radical (unpaired) electrons. The molecular formula is C26H44ClN3O3. The topological polar surface area (TPSA) is 90.5 Å². The summed E-state index contributed by atoms with van der Waals surface area (Å²) in [4.78, 5) is 23.5. The van der Waals surface area contributed by atoms with Crippen LogP contribution in [0.1, 0.15) is 101 Å². The van der Waals surface area contributed by atoms with Crippen LogP contribution in [0, 0.1) is 5.92 Å². The highest BCUT2D eigenvalue weighted by atomic mass is 35.5. The molecular weight excluding hydrogens is 438 g/mol. The molecule has 2 aliphatic rings. The van der Waals surface area contributed by atoms with Crippen molar-refractivity contribution in [1.29, 1.82) is 0 Å². The fourth-order valence-corrected chi connectivity index (χ4v) is 5.02. The van der Waals surface area contributed by atoms with Crippen LogP contribution < -0.4 is 16.0 Å². The highest BCUT2D eigenvalue weighted by Crippen LogP contribution is 2.23. The van der Waals surface area contributed by atoms with E-state index in [2.05, 4.69) is 16.0 Å². The molecule has 0 unspecified atom stereocenters. The van der Waals surface area contributed by atoms with Crippen molar-refractivity contribution in [3.05, 3.63) is 34.3 Å². The van der Waals surface area contributed by atoms with Gasteiger partial charge in [0.1, 0.15) is 0 Å². The van der Waals surface area contributed by atoms with Crippen molar-refractivity contribution < 1.29 is 14.7 Å². The SMILES string of the molecule is C.C.O=C(O)NC1CCC(NCc2ccc(Cl)c(C(=O)NCC3CCCCCCC3)c2)CC1. The summed E-state index contributed by atoms with van der Waals surface area (Å²) >= 11 is 6.33. The Kier molecular flexibility index (Phi) is 13.4. The minimum Gasteiger partial charge on any atom is -0.465 e. The Morgan fingerprint density at radius 2 is 1.52 bits per heavy atom. The zero-order chi connectivity index (χ0) is 22.1. The number of benzene rings is 1. The van der Waals surface area contributed by atoms with Crippen molar-refractivity contribution in [2.75, 3.05) is 6.54 Å². The zero-order valence-electron chi connectivity index (χ0n) is 18.3. The first-order chi connectivity index (χ1) is 15.0. The van der Waals surface area contributed by atoms with Crippen LogP contribution in [-0.4, -0.2) is 35.7 Å². The number of rotatable bonds is 7. The van der Waals surface area contributed by atoms with Crippen LogP contribution in [-0.2, 0) is 6.54 Å². The number of carboxylic acid groups (broad SMARTS) is 1. The van der Waals surface area contributed by atoms with E-state index in [4.69, 9.17) is 16.7 Å². The molecule has 2 aliphatic carbocycles. The molecule has 2 saturated carbocycles. The molecule has 188 valence electrons. The molecule has 2 fully saturated rings. The number of amides is 2. The van der Waals surface area contributed by atoms with Crippen molar-refractivity contribution in [2.45, 2.75) is 104 Å². The number of nitrogens with one attached hydrogen (secondary N) is 3. The lowest BCUT2D eigenvalue weighted by Gasteiger charge is -2.29. The number of carbonyl (C=O) groups is 2. The minimum atomic E-state index is -0.946. The molecule has 0 saturated heterocycles. The van der Waals surface area contributed by atoms with Crippen molar-refractivity contribution >= 4 is 23.6 Å². The van der Waals surface area contributed by atoms with E-state index in [-0.39, 0.29) is 26.8 Å². The lowest BCUT2D eigenvalue weighted by molar-refractivity contribution is 0.0944. The van der Waals surface area contributed by atoms with Gasteiger partial charge in [-0.1, -0.05) is 64.6 Å². The van der Waals surface area contributed by atoms with Crippen molar-refractivity contribution in [1.82, 2.24) is 16.0 Å². The van der Waals surface area contributed by atoms with E-state index in [9.17, 15) is 9.59 Å². The average molecular weight is 482 g/mol. The van der Waals surface area contributed by atoms with E-state index in [0.29, 0.717) is 29.1 Å². The fourth-order valence-electron chi connectivity index (χ4n) is 4.81. The number of carbonyl (C=O) groups excluding carboxylic acids is 1. The van der Waals surface area contributed by atoms with E-state index in [0.717, 1.165) is 37.8 Å². The maximum absolute atomic E-state index is 12.8. The van der Waals surface area contributed by atoms with Gasteiger partial charge in [-0.25, -0.2) is 4.79 Å². The monoisotopic (exact) mass is 481 g/mol. The second-order valence-corrected chi connectivity index (χ2v) is 9.52. The molecule has 6 nitrogen and oxygen atoms in total. The van der Waals surface area contributed by atoms with Crippen molar-refractivity contribution in [3.8, 4) is 0 Å². The summed E-state index contributed by atoms with van der Waals surface area (Å²) in [6, 6.07) is 6.06. The summed E-state index contributed by atoms with van der Waals surface area (Å²) in [5.41, 5.74) is 1.58. The third kappa shape index (κ3) is 9.93. The van der Waals surface area contributed by atoms with Crippen LogP contribution in [0.15, 0.2) is 18.2 Å². The van der Waals surface area contributed by atoms with E-state index < -0.39 is 6.09 Å². The second kappa shape index (κ2) is 15.2. The van der Waals surface area contributed by atoms with Crippen molar-refractivity contribution in [3.63, 3.8) is 0 Å². The Labute approximate surface area is 205 Å². The van der Waals surface area contributed by atoms with Gasteiger partial charge < -0.3 is 21.1 Å². The Balaban J connectivity index is 0.00000272. The van der Waals surface area contributed by atoms with Crippen LogP contribution in [0.25, 0.3) is 0 Å². The van der Waals surface area contributed by atoms with Gasteiger partial charge in [0, 0.05) is 25.2 Å². The lowest BCUT2D eigenvalue weighted by atomic mass is 9.91. The molecule has 0 heterocycles. The van der Waals surface area contributed by atoms with E-state index in [1.165, 1.54) is 44.9 Å². The molecule has 1 aromatic rings. The Bertz CT molecular complexity index is 727.